The van der Waals surface area contributed by atoms with E-state index in [0.29, 0.717) is 31.0 Å². The van der Waals surface area contributed by atoms with Gasteiger partial charge in [-0.2, -0.15) is 0 Å². The van der Waals surface area contributed by atoms with Gasteiger partial charge in [0.15, 0.2) is 0 Å². The monoisotopic (exact) mass is 296 g/mol. The minimum absolute atomic E-state index is 0.0237. The number of amides is 1. The van der Waals surface area contributed by atoms with E-state index in [0.717, 1.165) is 18.5 Å². The standard InChI is InChI=1S/C18H20N2O2/c21-17(20-12-9-18(22,13-20)15-5-6-15)14-3-7-16(8-4-14)19-10-1-2-11-19/h1-4,7-8,10-11,15,22H,5-6,9,12-13H2. The van der Waals surface area contributed by atoms with Crippen LogP contribution in [-0.2, 0) is 0 Å². The lowest BCUT2D eigenvalue weighted by Gasteiger charge is -2.23. The fourth-order valence-corrected chi connectivity index (χ4v) is 3.41. The molecule has 1 aliphatic heterocycles. The lowest BCUT2D eigenvalue weighted by molar-refractivity contribution is 0.0257. The van der Waals surface area contributed by atoms with E-state index in [1.807, 2.05) is 53.4 Å². The molecular formula is C18H20N2O2. The van der Waals surface area contributed by atoms with Crippen molar-refractivity contribution >= 4 is 5.91 Å². The summed E-state index contributed by atoms with van der Waals surface area (Å²) in [5, 5.41) is 10.6. The molecule has 4 rings (SSSR count). The van der Waals surface area contributed by atoms with E-state index in [9.17, 15) is 9.90 Å². The van der Waals surface area contributed by atoms with Crippen molar-refractivity contribution in [2.24, 2.45) is 5.92 Å². The third kappa shape index (κ3) is 2.33. The lowest BCUT2D eigenvalue weighted by atomic mass is 9.97. The van der Waals surface area contributed by atoms with Gasteiger partial charge in [0.2, 0.25) is 0 Å². The second kappa shape index (κ2) is 4.99. The van der Waals surface area contributed by atoms with Gasteiger partial charge in [-0.25, -0.2) is 0 Å². The molecule has 1 aliphatic carbocycles. The molecule has 1 unspecified atom stereocenters. The normalized spacial score (nSPS) is 24.7. The highest BCUT2D eigenvalue weighted by Crippen LogP contribution is 2.44. The van der Waals surface area contributed by atoms with Crippen molar-refractivity contribution in [3.8, 4) is 5.69 Å². The van der Waals surface area contributed by atoms with Crippen LogP contribution >= 0.6 is 0 Å². The molecule has 2 heterocycles. The van der Waals surface area contributed by atoms with Crippen LogP contribution in [0.1, 0.15) is 29.6 Å². The molecule has 1 aromatic carbocycles. The fourth-order valence-electron chi connectivity index (χ4n) is 3.41. The highest BCUT2D eigenvalue weighted by Gasteiger charge is 2.48. The maximum Gasteiger partial charge on any atom is 0.253 e. The molecular weight excluding hydrogens is 276 g/mol. The Morgan fingerprint density at radius 2 is 1.82 bits per heavy atom. The van der Waals surface area contributed by atoms with E-state index in [4.69, 9.17) is 0 Å². The average molecular weight is 296 g/mol. The van der Waals surface area contributed by atoms with Crippen LogP contribution in [0.3, 0.4) is 0 Å². The Morgan fingerprint density at radius 3 is 2.45 bits per heavy atom. The molecule has 1 saturated carbocycles. The van der Waals surface area contributed by atoms with E-state index in [1.54, 1.807) is 4.90 Å². The number of rotatable bonds is 3. The molecule has 2 fully saturated rings. The van der Waals surface area contributed by atoms with Gasteiger partial charge in [0.1, 0.15) is 0 Å². The first-order valence-corrected chi connectivity index (χ1v) is 7.91. The predicted molar refractivity (Wildman–Crippen MR) is 84.0 cm³/mol. The second-order valence-electron chi connectivity index (χ2n) is 6.49. The van der Waals surface area contributed by atoms with Crippen LogP contribution in [0.15, 0.2) is 48.8 Å². The number of nitrogens with zero attached hydrogens (tertiary/aromatic N) is 2. The number of benzene rings is 1. The highest BCUT2D eigenvalue weighted by atomic mass is 16.3. The van der Waals surface area contributed by atoms with Gasteiger partial charge in [0.05, 0.1) is 12.1 Å². The second-order valence-corrected chi connectivity index (χ2v) is 6.49. The van der Waals surface area contributed by atoms with Crippen molar-refractivity contribution in [2.45, 2.75) is 24.9 Å². The summed E-state index contributed by atoms with van der Waals surface area (Å²) in [6, 6.07) is 11.6. The summed E-state index contributed by atoms with van der Waals surface area (Å²) < 4.78 is 2.01. The summed E-state index contributed by atoms with van der Waals surface area (Å²) in [6.45, 7) is 1.14. The molecule has 114 valence electrons. The van der Waals surface area contributed by atoms with Crippen molar-refractivity contribution in [3.05, 3.63) is 54.4 Å². The topological polar surface area (TPSA) is 45.5 Å². The summed E-state index contributed by atoms with van der Waals surface area (Å²) >= 11 is 0. The van der Waals surface area contributed by atoms with Crippen LogP contribution in [0.5, 0.6) is 0 Å². The predicted octanol–water partition coefficient (Wildman–Crippen LogP) is 2.46. The van der Waals surface area contributed by atoms with Gasteiger partial charge in [0.25, 0.3) is 5.91 Å². The van der Waals surface area contributed by atoms with E-state index in [2.05, 4.69) is 0 Å². The third-order valence-corrected chi connectivity index (χ3v) is 4.92. The number of carbonyl (C=O) groups excluding carboxylic acids is 1. The van der Waals surface area contributed by atoms with Crippen molar-refractivity contribution in [3.63, 3.8) is 0 Å². The SMILES string of the molecule is O=C(c1ccc(-n2cccc2)cc1)N1CCC(O)(C2CC2)C1. The van der Waals surface area contributed by atoms with Crippen molar-refractivity contribution in [1.82, 2.24) is 9.47 Å². The van der Waals surface area contributed by atoms with E-state index < -0.39 is 5.60 Å². The van der Waals surface area contributed by atoms with Gasteiger partial charge in [-0.05, 0) is 61.6 Å². The van der Waals surface area contributed by atoms with Gasteiger partial charge in [-0.1, -0.05) is 0 Å². The molecule has 0 radical (unpaired) electrons. The molecule has 4 heteroatoms. The number of likely N-dealkylation sites (tertiary alicyclic amines) is 1. The summed E-state index contributed by atoms with van der Waals surface area (Å²) in [6.07, 6.45) is 6.87. The number of aliphatic hydroxyl groups is 1. The summed E-state index contributed by atoms with van der Waals surface area (Å²) in [5.41, 5.74) is 1.09. The smallest absolute Gasteiger partial charge is 0.253 e. The average Bonchev–Trinajstić information content (AvgIpc) is 3.12. The maximum atomic E-state index is 12.6. The first-order valence-electron chi connectivity index (χ1n) is 7.91. The number of carbonyl (C=O) groups is 1. The summed E-state index contributed by atoms with van der Waals surface area (Å²) in [5.74, 6) is 0.428. The molecule has 22 heavy (non-hydrogen) atoms. The Hall–Kier alpha value is -2.07. The summed E-state index contributed by atoms with van der Waals surface area (Å²) in [4.78, 5) is 14.4. The Labute approximate surface area is 130 Å². The Bertz CT molecular complexity index is 674. The third-order valence-electron chi connectivity index (χ3n) is 4.92. The van der Waals surface area contributed by atoms with Crippen LogP contribution in [0, 0.1) is 5.92 Å². The number of hydrogen-bond donors (Lipinski definition) is 1. The summed E-state index contributed by atoms with van der Waals surface area (Å²) in [7, 11) is 0. The number of hydrogen-bond acceptors (Lipinski definition) is 2. The van der Waals surface area contributed by atoms with E-state index in [1.165, 1.54) is 0 Å². The van der Waals surface area contributed by atoms with Crippen LogP contribution in [0.2, 0.25) is 0 Å². The van der Waals surface area contributed by atoms with Gasteiger partial charge < -0.3 is 14.6 Å². The van der Waals surface area contributed by atoms with Crippen LogP contribution in [0.25, 0.3) is 5.69 Å². The maximum absolute atomic E-state index is 12.6. The minimum Gasteiger partial charge on any atom is -0.388 e. The minimum atomic E-state index is -0.638. The molecule has 2 aliphatic rings. The highest BCUT2D eigenvalue weighted by molar-refractivity contribution is 5.94. The number of aromatic nitrogens is 1. The molecule has 1 amide bonds. The molecule has 1 aromatic heterocycles. The Balaban J connectivity index is 1.49. The molecule has 1 saturated heterocycles. The van der Waals surface area contributed by atoms with Crippen LogP contribution in [-0.4, -0.2) is 39.2 Å². The van der Waals surface area contributed by atoms with Crippen molar-refractivity contribution in [1.29, 1.82) is 0 Å². The molecule has 1 atom stereocenters. The zero-order chi connectivity index (χ0) is 15.2. The van der Waals surface area contributed by atoms with Gasteiger partial charge >= 0.3 is 0 Å². The van der Waals surface area contributed by atoms with Crippen LogP contribution in [0.4, 0.5) is 0 Å². The first kappa shape index (κ1) is 13.6. The van der Waals surface area contributed by atoms with Crippen LogP contribution < -0.4 is 0 Å². The quantitative estimate of drug-likeness (QED) is 0.945. The van der Waals surface area contributed by atoms with Gasteiger partial charge in [-0.15, -0.1) is 0 Å². The van der Waals surface area contributed by atoms with Crippen molar-refractivity contribution < 1.29 is 9.90 Å². The largest absolute Gasteiger partial charge is 0.388 e. The molecule has 2 aromatic rings. The van der Waals surface area contributed by atoms with Crippen molar-refractivity contribution in [2.75, 3.05) is 13.1 Å². The first-order chi connectivity index (χ1) is 10.7. The molecule has 0 bridgehead atoms. The Morgan fingerprint density at radius 1 is 1.14 bits per heavy atom. The van der Waals surface area contributed by atoms with Gasteiger partial charge in [0, 0.05) is 30.2 Å². The van der Waals surface area contributed by atoms with Gasteiger partial charge in [-0.3, -0.25) is 4.79 Å². The zero-order valence-electron chi connectivity index (χ0n) is 12.5. The fraction of sp³-hybridized carbons (Fsp3) is 0.389. The molecule has 0 spiro atoms. The lowest BCUT2D eigenvalue weighted by Crippen LogP contribution is -2.37. The Kier molecular flexibility index (Phi) is 3.08. The molecule has 4 nitrogen and oxygen atoms in total. The number of β-amino-alcohol motifs (C(OH)–C–C–N with tert-alkyl or cyclic N) is 1. The van der Waals surface area contributed by atoms with E-state index >= 15 is 0 Å². The van der Waals surface area contributed by atoms with E-state index in [-0.39, 0.29) is 5.91 Å². The molecule has 1 N–H and O–H groups in total. The zero-order valence-corrected chi connectivity index (χ0v) is 12.5.